The molecule has 0 radical (unpaired) electrons. The van der Waals surface area contributed by atoms with Gasteiger partial charge in [-0.3, -0.25) is 4.79 Å². The van der Waals surface area contributed by atoms with Gasteiger partial charge in [-0.05, 0) is 55.5 Å². The van der Waals surface area contributed by atoms with Gasteiger partial charge in [0.05, 0.1) is 5.75 Å². The van der Waals surface area contributed by atoms with Gasteiger partial charge in [0.1, 0.15) is 11.6 Å². The van der Waals surface area contributed by atoms with Gasteiger partial charge >= 0.3 is 0 Å². The van der Waals surface area contributed by atoms with Crippen LogP contribution < -0.4 is 15.0 Å². The lowest BCUT2D eigenvalue weighted by atomic mass is 10.2. The van der Waals surface area contributed by atoms with Crippen LogP contribution in [0.3, 0.4) is 0 Å². The highest BCUT2D eigenvalue weighted by Crippen LogP contribution is 2.24. The van der Waals surface area contributed by atoms with Crippen LogP contribution in [-0.4, -0.2) is 36.0 Å². The van der Waals surface area contributed by atoms with Crippen molar-refractivity contribution in [1.29, 1.82) is 0 Å². The number of aromatic nitrogens is 2. The highest BCUT2D eigenvalue weighted by atomic mass is 32.2. The van der Waals surface area contributed by atoms with Crippen LogP contribution in [0.5, 0.6) is 5.75 Å². The highest BCUT2D eigenvalue weighted by Gasteiger charge is 2.17. The fourth-order valence-electron chi connectivity index (χ4n) is 2.38. The molecule has 2 aromatic carbocycles. The summed E-state index contributed by atoms with van der Waals surface area (Å²) in [5.74, 6) is 0.378. The summed E-state index contributed by atoms with van der Waals surface area (Å²) >= 11 is 1.14. The molecule has 3 aromatic rings. The van der Waals surface area contributed by atoms with Crippen LogP contribution in [0.1, 0.15) is 18.9 Å². The molecule has 0 saturated heterocycles. The van der Waals surface area contributed by atoms with Crippen molar-refractivity contribution in [3.8, 4) is 5.75 Å². The standard InChI is InChI=1S/C20H21FN4O3S/c1-13(27-17-10-4-14(21)5-11-17)19-23-24-20(28-19)29-12-18(26)22-15-6-8-16(9-7-15)25(2)3/h4-11,13H,12H2,1-3H3,(H,22,26)/t13-/m1/s1. The molecule has 0 aliphatic heterocycles. The van der Waals surface area contributed by atoms with Crippen LogP contribution in [0.15, 0.2) is 58.2 Å². The summed E-state index contributed by atoms with van der Waals surface area (Å²) in [4.78, 5) is 14.1. The summed E-state index contributed by atoms with van der Waals surface area (Å²) in [7, 11) is 3.91. The van der Waals surface area contributed by atoms with E-state index in [2.05, 4.69) is 15.5 Å². The lowest BCUT2D eigenvalue weighted by molar-refractivity contribution is -0.113. The van der Waals surface area contributed by atoms with Gasteiger partial charge in [0, 0.05) is 25.5 Å². The first kappa shape index (κ1) is 20.7. The Hall–Kier alpha value is -3.07. The summed E-state index contributed by atoms with van der Waals surface area (Å²) in [5, 5.41) is 11.0. The van der Waals surface area contributed by atoms with Gasteiger partial charge in [-0.25, -0.2) is 4.39 Å². The van der Waals surface area contributed by atoms with Crippen LogP contribution in [0.4, 0.5) is 15.8 Å². The Kier molecular flexibility index (Phi) is 6.71. The minimum Gasteiger partial charge on any atom is -0.481 e. The molecule has 9 heteroatoms. The first-order valence-electron chi connectivity index (χ1n) is 8.86. The summed E-state index contributed by atoms with van der Waals surface area (Å²) in [5.41, 5.74) is 1.77. The van der Waals surface area contributed by atoms with Gasteiger partial charge in [-0.1, -0.05) is 11.8 Å². The Labute approximate surface area is 172 Å². The van der Waals surface area contributed by atoms with E-state index >= 15 is 0 Å². The number of nitrogens with one attached hydrogen (secondary N) is 1. The number of thioether (sulfide) groups is 1. The van der Waals surface area contributed by atoms with Crippen molar-refractivity contribution in [1.82, 2.24) is 10.2 Å². The molecule has 1 aromatic heterocycles. The van der Waals surface area contributed by atoms with Crippen LogP contribution in [0.2, 0.25) is 0 Å². The normalized spacial score (nSPS) is 11.7. The number of amides is 1. The zero-order chi connectivity index (χ0) is 20.8. The Balaban J connectivity index is 1.49. The molecule has 29 heavy (non-hydrogen) atoms. The molecule has 0 bridgehead atoms. The van der Waals surface area contributed by atoms with Crippen molar-refractivity contribution in [3.63, 3.8) is 0 Å². The number of benzene rings is 2. The second-order valence-electron chi connectivity index (χ2n) is 6.40. The molecule has 7 nitrogen and oxygen atoms in total. The number of rotatable bonds is 8. The Morgan fingerprint density at radius 1 is 1.17 bits per heavy atom. The molecule has 1 N–H and O–H groups in total. The maximum absolute atomic E-state index is 13.0. The Bertz CT molecular complexity index is 945. The van der Waals surface area contributed by atoms with E-state index in [1.54, 1.807) is 6.92 Å². The van der Waals surface area contributed by atoms with Gasteiger partial charge in [0.2, 0.25) is 5.91 Å². The van der Waals surface area contributed by atoms with Crippen LogP contribution >= 0.6 is 11.8 Å². The number of nitrogens with zero attached hydrogens (tertiary/aromatic N) is 3. The first-order valence-corrected chi connectivity index (χ1v) is 9.85. The molecular weight excluding hydrogens is 395 g/mol. The highest BCUT2D eigenvalue weighted by molar-refractivity contribution is 7.99. The molecule has 0 aliphatic carbocycles. The predicted octanol–water partition coefficient (Wildman–Crippen LogP) is 4.15. The maximum atomic E-state index is 13.0. The van der Waals surface area contributed by atoms with Gasteiger partial charge < -0.3 is 19.4 Å². The summed E-state index contributed by atoms with van der Waals surface area (Å²) < 4.78 is 24.1. The van der Waals surface area contributed by atoms with E-state index < -0.39 is 6.10 Å². The van der Waals surface area contributed by atoms with Crippen molar-refractivity contribution in [2.24, 2.45) is 0 Å². The van der Waals surface area contributed by atoms with Gasteiger partial charge in [0.25, 0.3) is 11.1 Å². The van der Waals surface area contributed by atoms with Gasteiger partial charge in [-0.15, -0.1) is 10.2 Å². The second kappa shape index (κ2) is 9.42. The molecule has 1 amide bonds. The first-order chi connectivity index (χ1) is 13.9. The van der Waals surface area contributed by atoms with E-state index in [9.17, 15) is 9.18 Å². The fraction of sp³-hybridized carbons (Fsp3) is 0.250. The molecule has 1 atom stereocenters. The summed E-state index contributed by atoms with van der Waals surface area (Å²) in [6, 6.07) is 13.2. The van der Waals surface area contributed by atoms with Crippen molar-refractivity contribution < 1.29 is 18.3 Å². The van der Waals surface area contributed by atoms with E-state index in [4.69, 9.17) is 9.15 Å². The third-order valence-corrected chi connectivity index (χ3v) is 4.71. The predicted molar refractivity (Wildman–Crippen MR) is 110 cm³/mol. The molecule has 0 saturated carbocycles. The van der Waals surface area contributed by atoms with E-state index in [-0.39, 0.29) is 28.6 Å². The zero-order valence-electron chi connectivity index (χ0n) is 16.3. The Morgan fingerprint density at radius 2 is 1.86 bits per heavy atom. The SMILES string of the molecule is C[C@@H](Oc1ccc(F)cc1)c1nnc(SCC(=O)Nc2ccc(N(C)C)cc2)o1. The van der Waals surface area contributed by atoms with Gasteiger partial charge in [0.15, 0.2) is 6.10 Å². The van der Waals surface area contributed by atoms with Crippen molar-refractivity contribution in [2.45, 2.75) is 18.3 Å². The van der Waals surface area contributed by atoms with Crippen LogP contribution in [-0.2, 0) is 4.79 Å². The number of anilines is 2. The molecular formula is C20H21FN4O3S. The fourth-order valence-corrected chi connectivity index (χ4v) is 2.95. The number of hydrogen-bond donors (Lipinski definition) is 1. The number of ether oxygens (including phenoxy) is 1. The average Bonchev–Trinajstić information content (AvgIpc) is 3.18. The smallest absolute Gasteiger partial charge is 0.277 e. The van der Waals surface area contributed by atoms with E-state index in [0.29, 0.717) is 11.4 Å². The number of carbonyl (C=O) groups excluding carboxylic acids is 1. The molecule has 0 spiro atoms. The van der Waals surface area contributed by atoms with E-state index in [0.717, 1.165) is 17.4 Å². The topological polar surface area (TPSA) is 80.5 Å². The Morgan fingerprint density at radius 3 is 2.52 bits per heavy atom. The number of carbonyl (C=O) groups is 1. The lowest BCUT2D eigenvalue weighted by Gasteiger charge is -2.12. The molecule has 3 rings (SSSR count). The van der Waals surface area contributed by atoms with Crippen LogP contribution in [0.25, 0.3) is 0 Å². The molecule has 152 valence electrons. The van der Waals surface area contributed by atoms with Crippen LogP contribution in [0, 0.1) is 5.82 Å². The molecule has 1 heterocycles. The van der Waals surface area contributed by atoms with Crippen molar-refractivity contribution in [2.75, 3.05) is 30.1 Å². The number of halogens is 1. The average molecular weight is 416 g/mol. The minimum atomic E-state index is -0.508. The molecule has 0 aliphatic rings. The van der Waals surface area contributed by atoms with E-state index in [1.165, 1.54) is 24.3 Å². The minimum absolute atomic E-state index is 0.129. The summed E-state index contributed by atoms with van der Waals surface area (Å²) in [6.45, 7) is 1.75. The maximum Gasteiger partial charge on any atom is 0.277 e. The van der Waals surface area contributed by atoms with Gasteiger partial charge in [-0.2, -0.15) is 0 Å². The van der Waals surface area contributed by atoms with Crippen molar-refractivity contribution in [3.05, 3.63) is 60.2 Å². The number of hydrogen-bond acceptors (Lipinski definition) is 7. The third kappa shape index (κ3) is 5.95. The monoisotopic (exact) mass is 416 g/mol. The molecule has 0 fully saturated rings. The van der Waals surface area contributed by atoms with E-state index in [1.807, 2.05) is 43.3 Å². The third-order valence-electron chi connectivity index (χ3n) is 3.89. The zero-order valence-corrected chi connectivity index (χ0v) is 17.1. The summed E-state index contributed by atoms with van der Waals surface area (Å²) in [6.07, 6.45) is -0.508. The quantitative estimate of drug-likeness (QED) is 0.553. The second-order valence-corrected chi connectivity index (χ2v) is 7.32. The largest absolute Gasteiger partial charge is 0.481 e. The van der Waals surface area contributed by atoms with Crippen molar-refractivity contribution >= 4 is 29.0 Å². The lowest BCUT2D eigenvalue weighted by Crippen LogP contribution is -2.14. The molecule has 0 unspecified atom stereocenters.